The van der Waals surface area contributed by atoms with E-state index in [1.54, 1.807) is 18.4 Å². The lowest BCUT2D eigenvalue weighted by Crippen LogP contribution is -2.11. The molecule has 0 saturated heterocycles. The van der Waals surface area contributed by atoms with Gasteiger partial charge in [-0.05, 0) is 59.3 Å². The van der Waals surface area contributed by atoms with E-state index in [9.17, 15) is 0 Å². The molecule has 3 rings (SSSR count). The van der Waals surface area contributed by atoms with E-state index in [1.165, 1.54) is 10.1 Å². The van der Waals surface area contributed by atoms with Crippen LogP contribution in [-0.2, 0) is 0 Å². The van der Waals surface area contributed by atoms with Crippen molar-refractivity contribution in [1.82, 2.24) is 0 Å². The van der Waals surface area contributed by atoms with Crippen molar-refractivity contribution in [2.24, 2.45) is 0 Å². The van der Waals surface area contributed by atoms with E-state index in [0.29, 0.717) is 6.61 Å². The first-order chi connectivity index (χ1) is 10.3. The number of hydrogen-bond acceptors (Lipinski definition) is 4. The Labute approximate surface area is 128 Å². The number of rotatable bonds is 6. The lowest BCUT2D eigenvalue weighted by atomic mass is 10.2. The van der Waals surface area contributed by atoms with E-state index in [1.807, 2.05) is 24.3 Å². The van der Waals surface area contributed by atoms with Gasteiger partial charge < -0.3 is 14.8 Å². The van der Waals surface area contributed by atoms with Crippen molar-refractivity contribution in [3.05, 3.63) is 53.9 Å². The second-order valence-electron chi connectivity index (χ2n) is 4.62. The third kappa shape index (κ3) is 3.47. The lowest BCUT2D eigenvalue weighted by Gasteiger charge is -2.09. The maximum atomic E-state index is 5.68. The third-order valence-electron chi connectivity index (χ3n) is 3.21. The molecule has 0 aliphatic heterocycles. The van der Waals surface area contributed by atoms with Gasteiger partial charge in [-0.25, -0.2) is 0 Å². The second-order valence-corrected chi connectivity index (χ2v) is 5.57. The van der Waals surface area contributed by atoms with Gasteiger partial charge in [0.2, 0.25) is 0 Å². The van der Waals surface area contributed by atoms with Gasteiger partial charge in [-0.2, -0.15) is 0 Å². The Morgan fingerprint density at radius 2 is 1.81 bits per heavy atom. The van der Waals surface area contributed by atoms with Gasteiger partial charge in [0.15, 0.2) is 0 Å². The molecular formula is C17H17NO2S. The van der Waals surface area contributed by atoms with E-state index in [4.69, 9.17) is 9.47 Å². The zero-order valence-electron chi connectivity index (χ0n) is 11.8. The number of methoxy groups -OCH3 is 1. The Bertz CT molecular complexity index is 706. The number of fused-ring (bicyclic) bond motifs is 1. The molecule has 4 heteroatoms. The Morgan fingerprint density at radius 1 is 1.00 bits per heavy atom. The standard InChI is InChI=1S/C17H17NO2S/c1-19-15-3-5-16(6-4-15)20-10-9-18-14-2-7-17-13(12-14)8-11-21-17/h2-8,11-12,18H,9-10H2,1H3. The van der Waals surface area contributed by atoms with Crippen LogP contribution in [0.4, 0.5) is 5.69 Å². The molecule has 0 unspecified atom stereocenters. The molecule has 0 saturated carbocycles. The molecule has 1 heterocycles. The van der Waals surface area contributed by atoms with Gasteiger partial charge in [0, 0.05) is 16.9 Å². The van der Waals surface area contributed by atoms with Gasteiger partial charge in [0.05, 0.1) is 7.11 Å². The highest BCUT2D eigenvalue weighted by molar-refractivity contribution is 7.17. The minimum Gasteiger partial charge on any atom is -0.497 e. The van der Waals surface area contributed by atoms with Gasteiger partial charge in [-0.1, -0.05) is 0 Å². The minimum atomic E-state index is 0.619. The predicted octanol–water partition coefficient (Wildman–Crippen LogP) is 4.40. The molecule has 0 aliphatic carbocycles. The Kier molecular flexibility index (Phi) is 4.26. The quantitative estimate of drug-likeness (QED) is 0.684. The fourth-order valence-corrected chi connectivity index (χ4v) is 2.88. The molecule has 0 amide bonds. The molecule has 3 nitrogen and oxygen atoms in total. The zero-order chi connectivity index (χ0) is 14.5. The van der Waals surface area contributed by atoms with Crippen molar-refractivity contribution in [3.63, 3.8) is 0 Å². The van der Waals surface area contributed by atoms with E-state index in [2.05, 4.69) is 35.0 Å². The van der Waals surface area contributed by atoms with Crippen molar-refractivity contribution in [2.45, 2.75) is 0 Å². The third-order valence-corrected chi connectivity index (χ3v) is 4.11. The number of nitrogens with one attached hydrogen (secondary N) is 1. The van der Waals surface area contributed by atoms with Gasteiger partial charge in [0.1, 0.15) is 18.1 Å². The summed E-state index contributed by atoms with van der Waals surface area (Å²) in [7, 11) is 1.66. The van der Waals surface area contributed by atoms with Crippen LogP contribution in [0.1, 0.15) is 0 Å². The Balaban J connectivity index is 1.48. The number of hydrogen-bond donors (Lipinski definition) is 1. The van der Waals surface area contributed by atoms with Crippen molar-refractivity contribution in [1.29, 1.82) is 0 Å². The monoisotopic (exact) mass is 299 g/mol. The van der Waals surface area contributed by atoms with Crippen molar-refractivity contribution in [3.8, 4) is 11.5 Å². The molecule has 0 spiro atoms. The van der Waals surface area contributed by atoms with Crippen LogP contribution in [0.5, 0.6) is 11.5 Å². The molecule has 0 aliphatic rings. The molecule has 1 N–H and O–H groups in total. The summed E-state index contributed by atoms with van der Waals surface area (Å²) in [6, 6.07) is 16.2. The zero-order valence-corrected chi connectivity index (χ0v) is 12.7. The summed E-state index contributed by atoms with van der Waals surface area (Å²) in [5, 5.41) is 6.77. The average molecular weight is 299 g/mol. The second kappa shape index (κ2) is 6.50. The molecule has 0 atom stereocenters. The van der Waals surface area contributed by atoms with Crippen molar-refractivity contribution in [2.75, 3.05) is 25.6 Å². The van der Waals surface area contributed by atoms with Crippen LogP contribution >= 0.6 is 11.3 Å². The van der Waals surface area contributed by atoms with Gasteiger partial charge in [-0.3, -0.25) is 0 Å². The number of benzene rings is 2. The summed E-state index contributed by atoms with van der Waals surface area (Å²) in [4.78, 5) is 0. The van der Waals surface area contributed by atoms with E-state index in [0.717, 1.165) is 23.7 Å². The van der Waals surface area contributed by atoms with Gasteiger partial charge >= 0.3 is 0 Å². The predicted molar refractivity (Wildman–Crippen MR) is 88.8 cm³/mol. The highest BCUT2D eigenvalue weighted by Gasteiger charge is 1.98. The topological polar surface area (TPSA) is 30.5 Å². The summed E-state index contributed by atoms with van der Waals surface area (Å²) >= 11 is 1.76. The van der Waals surface area contributed by atoms with Crippen LogP contribution in [0.25, 0.3) is 10.1 Å². The van der Waals surface area contributed by atoms with Crippen LogP contribution in [0.3, 0.4) is 0 Å². The highest BCUT2D eigenvalue weighted by atomic mass is 32.1. The molecule has 2 aromatic carbocycles. The van der Waals surface area contributed by atoms with E-state index < -0.39 is 0 Å². The molecular weight excluding hydrogens is 282 g/mol. The van der Waals surface area contributed by atoms with Crippen LogP contribution in [0.15, 0.2) is 53.9 Å². The largest absolute Gasteiger partial charge is 0.497 e. The Hall–Kier alpha value is -2.20. The first-order valence-electron chi connectivity index (χ1n) is 6.83. The van der Waals surface area contributed by atoms with Gasteiger partial charge in [-0.15, -0.1) is 11.3 Å². The lowest BCUT2D eigenvalue weighted by molar-refractivity contribution is 0.332. The maximum absolute atomic E-state index is 5.68. The molecule has 1 aromatic heterocycles. The molecule has 21 heavy (non-hydrogen) atoms. The fraction of sp³-hybridized carbons (Fsp3) is 0.176. The summed E-state index contributed by atoms with van der Waals surface area (Å²) < 4.78 is 12.1. The van der Waals surface area contributed by atoms with Crippen molar-refractivity contribution < 1.29 is 9.47 Å². The minimum absolute atomic E-state index is 0.619. The van der Waals surface area contributed by atoms with Crippen molar-refractivity contribution >= 4 is 27.1 Å². The number of ether oxygens (including phenoxy) is 2. The van der Waals surface area contributed by atoms with E-state index in [-0.39, 0.29) is 0 Å². The highest BCUT2D eigenvalue weighted by Crippen LogP contribution is 2.23. The summed E-state index contributed by atoms with van der Waals surface area (Å²) in [5.41, 5.74) is 1.12. The smallest absolute Gasteiger partial charge is 0.119 e. The fourth-order valence-electron chi connectivity index (χ4n) is 2.11. The summed E-state index contributed by atoms with van der Waals surface area (Å²) in [6.07, 6.45) is 0. The average Bonchev–Trinajstić information content (AvgIpc) is 3.00. The molecule has 0 bridgehead atoms. The SMILES string of the molecule is COc1ccc(OCCNc2ccc3sccc3c2)cc1. The molecule has 0 radical (unpaired) electrons. The van der Waals surface area contributed by atoms with Crippen LogP contribution in [-0.4, -0.2) is 20.3 Å². The normalized spacial score (nSPS) is 10.5. The first kappa shape index (κ1) is 13.8. The summed E-state index contributed by atoms with van der Waals surface area (Å²) in [5.74, 6) is 1.69. The number of anilines is 1. The van der Waals surface area contributed by atoms with Crippen LogP contribution in [0.2, 0.25) is 0 Å². The molecule has 0 fully saturated rings. The maximum Gasteiger partial charge on any atom is 0.119 e. The van der Waals surface area contributed by atoms with Gasteiger partial charge in [0.25, 0.3) is 0 Å². The number of thiophene rings is 1. The first-order valence-corrected chi connectivity index (χ1v) is 7.71. The van der Waals surface area contributed by atoms with E-state index >= 15 is 0 Å². The summed E-state index contributed by atoms with van der Waals surface area (Å²) in [6.45, 7) is 1.38. The Morgan fingerprint density at radius 3 is 2.62 bits per heavy atom. The molecule has 3 aromatic rings. The molecule has 108 valence electrons. The van der Waals surface area contributed by atoms with Crippen LogP contribution in [0, 0.1) is 0 Å². The van der Waals surface area contributed by atoms with Crippen LogP contribution < -0.4 is 14.8 Å².